The van der Waals surface area contributed by atoms with Crippen LogP contribution < -0.4 is 15.4 Å². The van der Waals surface area contributed by atoms with Crippen LogP contribution in [-0.4, -0.2) is 24.3 Å². The Bertz CT molecular complexity index is 574. The van der Waals surface area contributed by atoms with Crippen molar-refractivity contribution in [2.45, 2.75) is 25.6 Å². The van der Waals surface area contributed by atoms with E-state index in [1.165, 1.54) is 0 Å². The number of ether oxygens (including phenoxy) is 2. The first-order valence-corrected chi connectivity index (χ1v) is 6.58. The summed E-state index contributed by atoms with van der Waals surface area (Å²) in [4.78, 5) is 24.0. The summed E-state index contributed by atoms with van der Waals surface area (Å²) in [6.45, 7) is 3.73. The third-order valence-electron chi connectivity index (χ3n) is 3.69. The SMILES string of the molecule is CCOC(=O)[C@@H]1[C@@H]2NC(=O)N[C@@]1(C)Oc1ccccc12. The molecule has 2 heterocycles. The third kappa shape index (κ3) is 1.79. The Balaban J connectivity index is 2.08. The van der Waals surface area contributed by atoms with Gasteiger partial charge in [0.2, 0.25) is 0 Å². The topological polar surface area (TPSA) is 76.7 Å². The van der Waals surface area contributed by atoms with E-state index < -0.39 is 17.7 Å². The largest absolute Gasteiger partial charge is 0.467 e. The molecule has 2 aliphatic rings. The minimum Gasteiger partial charge on any atom is -0.467 e. The summed E-state index contributed by atoms with van der Waals surface area (Å²) in [6, 6.07) is 6.56. The van der Waals surface area contributed by atoms with Crippen molar-refractivity contribution in [1.29, 1.82) is 0 Å². The summed E-state index contributed by atoms with van der Waals surface area (Å²) >= 11 is 0. The van der Waals surface area contributed by atoms with Crippen LogP contribution in [0.25, 0.3) is 0 Å². The van der Waals surface area contributed by atoms with E-state index in [0.717, 1.165) is 5.56 Å². The van der Waals surface area contributed by atoms with Crippen molar-refractivity contribution in [2.24, 2.45) is 5.92 Å². The Morgan fingerprint density at radius 2 is 2.20 bits per heavy atom. The standard InChI is InChI=1S/C14H16N2O4/c1-3-19-12(17)10-11-8-6-4-5-7-9(8)20-14(10,2)16-13(18)15-11/h4-7,10-11H,3H2,1-2H3,(H2,15,16,18)/t10-,11+,14-/m0/s1. The summed E-state index contributed by atoms with van der Waals surface area (Å²) < 4.78 is 11.0. The van der Waals surface area contributed by atoms with Crippen molar-refractivity contribution >= 4 is 12.0 Å². The third-order valence-corrected chi connectivity index (χ3v) is 3.69. The van der Waals surface area contributed by atoms with Gasteiger partial charge in [0.15, 0.2) is 5.72 Å². The molecule has 6 heteroatoms. The van der Waals surface area contributed by atoms with Gasteiger partial charge in [0.25, 0.3) is 0 Å². The van der Waals surface area contributed by atoms with Gasteiger partial charge in [0.05, 0.1) is 12.6 Å². The average molecular weight is 276 g/mol. The molecule has 2 aliphatic heterocycles. The Kier molecular flexibility index (Phi) is 2.81. The fourth-order valence-electron chi connectivity index (χ4n) is 2.88. The molecule has 0 aliphatic carbocycles. The van der Waals surface area contributed by atoms with Crippen molar-refractivity contribution in [3.05, 3.63) is 29.8 Å². The number of carbonyl (C=O) groups is 2. The van der Waals surface area contributed by atoms with Crippen LogP contribution in [0.5, 0.6) is 5.75 Å². The fourth-order valence-corrected chi connectivity index (χ4v) is 2.88. The molecule has 1 fully saturated rings. The summed E-state index contributed by atoms with van der Waals surface area (Å²) in [5, 5.41) is 5.47. The molecule has 1 aromatic rings. The Hall–Kier alpha value is -2.24. The van der Waals surface area contributed by atoms with Crippen molar-refractivity contribution in [3.63, 3.8) is 0 Å². The maximum Gasteiger partial charge on any atom is 0.318 e. The minimum absolute atomic E-state index is 0.285. The second kappa shape index (κ2) is 4.40. The lowest BCUT2D eigenvalue weighted by atomic mass is 9.80. The van der Waals surface area contributed by atoms with E-state index in [0.29, 0.717) is 5.75 Å². The van der Waals surface area contributed by atoms with Crippen molar-refractivity contribution in [3.8, 4) is 5.75 Å². The van der Waals surface area contributed by atoms with Gasteiger partial charge in [-0.05, 0) is 19.9 Å². The zero-order chi connectivity index (χ0) is 14.3. The number of amides is 2. The molecule has 20 heavy (non-hydrogen) atoms. The van der Waals surface area contributed by atoms with Crippen molar-refractivity contribution < 1.29 is 19.1 Å². The highest BCUT2D eigenvalue weighted by atomic mass is 16.5. The molecule has 2 N–H and O–H groups in total. The predicted octanol–water partition coefficient (Wildman–Crippen LogP) is 1.33. The molecule has 2 bridgehead atoms. The van der Waals surface area contributed by atoms with Crippen molar-refractivity contribution in [1.82, 2.24) is 10.6 Å². The molecule has 0 radical (unpaired) electrons. The second-order valence-electron chi connectivity index (χ2n) is 5.05. The Morgan fingerprint density at radius 3 is 2.95 bits per heavy atom. The van der Waals surface area contributed by atoms with E-state index in [9.17, 15) is 9.59 Å². The number of esters is 1. The number of benzene rings is 1. The molecule has 1 aromatic carbocycles. The lowest BCUT2D eigenvalue weighted by Crippen LogP contribution is -2.70. The van der Waals surface area contributed by atoms with Crippen LogP contribution in [0.4, 0.5) is 4.79 Å². The summed E-state index contributed by atoms with van der Waals surface area (Å²) in [6.07, 6.45) is 0. The molecule has 3 rings (SSSR count). The molecule has 3 atom stereocenters. The molecule has 1 saturated heterocycles. The second-order valence-corrected chi connectivity index (χ2v) is 5.05. The van der Waals surface area contributed by atoms with Crippen LogP contribution in [0, 0.1) is 5.92 Å². The van der Waals surface area contributed by atoms with E-state index in [1.807, 2.05) is 24.3 Å². The summed E-state index contributed by atoms with van der Waals surface area (Å²) in [5.74, 6) is -0.356. The van der Waals surface area contributed by atoms with E-state index in [-0.39, 0.29) is 18.6 Å². The van der Waals surface area contributed by atoms with E-state index in [2.05, 4.69) is 10.6 Å². The number of hydrogen-bond donors (Lipinski definition) is 2. The highest BCUT2D eigenvalue weighted by molar-refractivity contribution is 5.84. The number of carbonyl (C=O) groups excluding carboxylic acids is 2. The molecule has 0 aromatic heterocycles. The maximum atomic E-state index is 12.2. The first-order chi connectivity index (χ1) is 9.55. The lowest BCUT2D eigenvalue weighted by Gasteiger charge is -2.48. The summed E-state index contributed by atoms with van der Waals surface area (Å²) in [7, 11) is 0. The number of hydrogen-bond acceptors (Lipinski definition) is 4. The minimum atomic E-state index is -1.10. The Labute approximate surface area is 116 Å². The zero-order valence-electron chi connectivity index (χ0n) is 11.3. The van der Waals surface area contributed by atoms with Gasteiger partial charge in [0.1, 0.15) is 11.7 Å². The van der Waals surface area contributed by atoms with Gasteiger partial charge >= 0.3 is 12.0 Å². The van der Waals surface area contributed by atoms with Gasteiger partial charge < -0.3 is 14.8 Å². The first kappa shape index (κ1) is 12.8. The van der Waals surface area contributed by atoms with E-state index >= 15 is 0 Å². The Morgan fingerprint density at radius 1 is 1.45 bits per heavy atom. The lowest BCUT2D eigenvalue weighted by molar-refractivity contribution is -0.162. The number of rotatable bonds is 2. The van der Waals surface area contributed by atoms with Gasteiger partial charge in [-0.1, -0.05) is 18.2 Å². The molecule has 0 unspecified atom stereocenters. The van der Waals surface area contributed by atoms with Crippen LogP contribution >= 0.6 is 0 Å². The molecular formula is C14H16N2O4. The molecule has 2 amide bonds. The van der Waals surface area contributed by atoms with Crippen LogP contribution in [-0.2, 0) is 9.53 Å². The highest BCUT2D eigenvalue weighted by Gasteiger charge is 2.56. The zero-order valence-corrected chi connectivity index (χ0v) is 11.3. The van der Waals surface area contributed by atoms with Crippen molar-refractivity contribution in [2.75, 3.05) is 6.61 Å². The van der Waals surface area contributed by atoms with Crippen LogP contribution in [0.1, 0.15) is 25.5 Å². The van der Waals surface area contributed by atoms with Gasteiger partial charge in [-0.2, -0.15) is 0 Å². The quantitative estimate of drug-likeness (QED) is 0.799. The van der Waals surface area contributed by atoms with Crippen LogP contribution in [0.2, 0.25) is 0 Å². The highest BCUT2D eigenvalue weighted by Crippen LogP contribution is 2.44. The van der Waals surface area contributed by atoms with Crippen LogP contribution in [0.3, 0.4) is 0 Å². The molecule has 0 saturated carbocycles. The number of fused-ring (bicyclic) bond motifs is 4. The maximum absolute atomic E-state index is 12.2. The normalized spacial score (nSPS) is 30.4. The smallest absolute Gasteiger partial charge is 0.318 e. The molecule has 106 valence electrons. The fraction of sp³-hybridized carbons (Fsp3) is 0.429. The molecule has 0 spiro atoms. The van der Waals surface area contributed by atoms with Gasteiger partial charge in [-0.3, -0.25) is 10.1 Å². The van der Waals surface area contributed by atoms with Gasteiger partial charge in [-0.25, -0.2) is 4.79 Å². The number of nitrogens with one attached hydrogen (secondary N) is 2. The summed E-state index contributed by atoms with van der Waals surface area (Å²) in [5.41, 5.74) is -0.314. The van der Waals surface area contributed by atoms with Gasteiger partial charge in [-0.15, -0.1) is 0 Å². The number of urea groups is 1. The monoisotopic (exact) mass is 276 g/mol. The molecule has 6 nitrogen and oxygen atoms in total. The number of para-hydroxylation sites is 1. The van der Waals surface area contributed by atoms with Crippen LogP contribution in [0.15, 0.2) is 24.3 Å². The van der Waals surface area contributed by atoms with E-state index in [4.69, 9.17) is 9.47 Å². The molecular weight excluding hydrogens is 260 g/mol. The first-order valence-electron chi connectivity index (χ1n) is 6.58. The van der Waals surface area contributed by atoms with E-state index in [1.54, 1.807) is 13.8 Å². The van der Waals surface area contributed by atoms with Gasteiger partial charge in [0, 0.05) is 5.56 Å². The predicted molar refractivity (Wildman–Crippen MR) is 70.0 cm³/mol. The average Bonchev–Trinajstić information content (AvgIpc) is 2.37.